The van der Waals surface area contributed by atoms with E-state index in [1.807, 2.05) is 54.6 Å². The largest absolute Gasteiger partial charge is 0.508 e. The minimum atomic E-state index is -0.406. The molecular formula is C30H28O4. The van der Waals surface area contributed by atoms with Crippen molar-refractivity contribution in [2.75, 3.05) is 0 Å². The Kier molecular flexibility index (Phi) is 5.45. The zero-order chi connectivity index (χ0) is 23.8. The standard InChI is InChI=1S/C30H28O4/c31-24-11-5-21(6-12-24)29(22-7-13-25(32)14-8-22)17-19-30(20-18-29,23-9-15-26(33)16-10-23)27-3-1-2-4-28(27)34/h1-16,31-34H,17-20H2. The van der Waals surface area contributed by atoms with E-state index in [4.69, 9.17) is 0 Å². The molecule has 0 amide bonds. The SMILES string of the molecule is Oc1ccc(C2(c3ccc(O)cc3)CCC(c3ccc(O)cc3)(c3ccccc3O)CC2)cc1. The Balaban J connectivity index is 1.63. The van der Waals surface area contributed by atoms with E-state index < -0.39 is 5.41 Å². The van der Waals surface area contributed by atoms with Crippen LogP contribution in [0.2, 0.25) is 0 Å². The number of phenolic OH excluding ortho intramolecular Hbond substituents is 4. The van der Waals surface area contributed by atoms with Gasteiger partial charge in [-0.15, -0.1) is 0 Å². The molecule has 1 aliphatic carbocycles. The summed E-state index contributed by atoms with van der Waals surface area (Å²) in [5, 5.41) is 40.6. The Bertz CT molecular complexity index is 1220. The molecule has 0 heterocycles. The monoisotopic (exact) mass is 452 g/mol. The number of rotatable bonds is 4. The lowest BCUT2D eigenvalue weighted by Gasteiger charge is -2.48. The summed E-state index contributed by atoms with van der Waals surface area (Å²) in [5.74, 6) is 0.952. The highest BCUT2D eigenvalue weighted by Crippen LogP contribution is 2.55. The minimum absolute atomic E-state index is 0.217. The van der Waals surface area contributed by atoms with E-state index in [0.29, 0.717) is 0 Å². The van der Waals surface area contributed by atoms with Crippen LogP contribution < -0.4 is 0 Å². The molecule has 1 fully saturated rings. The molecule has 0 radical (unpaired) electrons. The smallest absolute Gasteiger partial charge is 0.119 e. The third-order valence-electron chi connectivity index (χ3n) is 7.64. The molecule has 0 unspecified atom stereocenters. The fourth-order valence-corrected chi connectivity index (χ4v) is 5.78. The summed E-state index contributed by atoms with van der Waals surface area (Å²) in [7, 11) is 0. The van der Waals surface area contributed by atoms with Gasteiger partial charge < -0.3 is 20.4 Å². The molecule has 0 saturated heterocycles. The van der Waals surface area contributed by atoms with Gasteiger partial charge in [-0.05, 0) is 84.8 Å². The van der Waals surface area contributed by atoms with Crippen LogP contribution in [0.5, 0.6) is 23.0 Å². The van der Waals surface area contributed by atoms with Crippen molar-refractivity contribution < 1.29 is 20.4 Å². The summed E-state index contributed by atoms with van der Waals surface area (Å²) in [6.45, 7) is 0. The molecule has 0 atom stereocenters. The van der Waals surface area contributed by atoms with Gasteiger partial charge >= 0.3 is 0 Å². The predicted octanol–water partition coefficient (Wildman–Crippen LogP) is 6.36. The first kappa shape index (κ1) is 21.9. The van der Waals surface area contributed by atoms with Gasteiger partial charge in [0.1, 0.15) is 23.0 Å². The normalized spacial score (nSPS) is 16.7. The Morgan fingerprint density at radius 2 is 0.765 bits per heavy atom. The van der Waals surface area contributed by atoms with Gasteiger partial charge in [-0.3, -0.25) is 0 Å². The second-order valence-corrected chi connectivity index (χ2v) is 9.32. The second-order valence-electron chi connectivity index (χ2n) is 9.32. The molecule has 4 aromatic rings. The van der Waals surface area contributed by atoms with Crippen molar-refractivity contribution in [1.29, 1.82) is 0 Å². The van der Waals surface area contributed by atoms with E-state index in [0.717, 1.165) is 47.9 Å². The number of aromatic hydroxyl groups is 4. The van der Waals surface area contributed by atoms with Gasteiger partial charge in [0.05, 0.1) is 0 Å². The second kappa shape index (κ2) is 8.45. The van der Waals surface area contributed by atoms with Crippen molar-refractivity contribution in [2.24, 2.45) is 0 Å². The first-order valence-electron chi connectivity index (χ1n) is 11.6. The summed E-state index contributed by atoms with van der Waals surface area (Å²) in [6, 6.07) is 29.7. The summed E-state index contributed by atoms with van der Waals surface area (Å²) >= 11 is 0. The van der Waals surface area contributed by atoms with Gasteiger partial charge in [0.2, 0.25) is 0 Å². The van der Waals surface area contributed by atoms with Crippen LogP contribution in [0.4, 0.5) is 0 Å². The lowest BCUT2D eigenvalue weighted by molar-refractivity contribution is 0.251. The number of hydrogen-bond donors (Lipinski definition) is 4. The maximum atomic E-state index is 10.9. The molecular weight excluding hydrogens is 424 g/mol. The molecule has 5 rings (SSSR count). The quantitative estimate of drug-likeness (QED) is 0.291. The fraction of sp³-hybridized carbons (Fsp3) is 0.200. The Morgan fingerprint density at radius 3 is 1.18 bits per heavy atom. The Hall–Kier alpha value is -3.92. The van der Waals surface area contributed by atoms with E-state index in [-0.39, 0.29) is 28.4 Å². The van der Waals surface area contributed by atoms with Crippen molar-refractivity contribution in [2.45, 2.75) is 36.5 Å². The van der Waals surface area contributed by atoms with Crippen LogP contribution in [0.3, 0.4) is 0 Å². The summed E-state index contributed by atoms with van der Waals surface area (Å²) in [5.41, 5.74) is 3.49. The maximum absolute atomic E-state index is 10.9. The lowest BCUT2D eigenvalue weighted by Crippen LogP contribution is -2.41. The van der Waals surface area contributed by atoms with Gasteiger partial charge in [0, 0.05) is 16.4 Å². The van der Waals surface area contributed by atoms with Crippen molar-refractivity contribution in [1.82, 2.24) is 0 Å². The van der Waals surface area contributed by atoms with Crippen LogP contribution in [0, 0.1) is 0 Å². The van der Waals surface area contributed by atoms with Crippen LogP contribution in [-0.2, 0) is 10.8 Å². The third kappa shape index (κ3) is 3.65. The zero-order valence-electron chi connectivity index (χ0n) is 18.9. The van der Waals surface area contributed by atoms with Gasteiger partial charge in [0.25, 0.3) is 0 Å². The lowest BCUT2D eigenvalue weighted by atomic mass is 9.55. The number of para-hydroxylation sites is 1. The molecule has 0 aromatic heterocycles. The molecule has 34 heavy (non-hydrogen) atoms. The van der Waals surface area contributed by atoms with Crippen molar-refractivity contribution in [3.05, 3.63) is 119 Å². The van der Waals surface area contributed by atoms with E-state index in [1.165, 1.54) is 0 Å². The molecule has 0 bridgehead atoms. The molecule has 4 N–H and O–H groups in total. The zero-order valence-corrected chi connectivity index (χ0v) is 18.9. The topological polar surface area (TPSA) is 80.9 Å². The average Bonchev–Trinajstić information content (AvgIpc) is 2.86. The fourth-order valence-electron chi connectivity index (χ4n) is 5.78. The molecule has 0 spiro atoms. The van der Waals surface area contributed by atoms with E-state index >= 15 is 0 Å². The van der Waals surface area contributed by atoms with Crippen molar-refractivity contribution in [3.8, 4) is 23.0 Å². The predicted molar refractivity (Wildman–Crippen MR) is 132 cm³/mol. The molecule has 4 heteroatoms. The van der Waals surface area contributed by atoms with Gasteiger partial charge in [0.15, 0.2) is 0 Å². The molecule has 172 valence electrons. The van der Waals surface area contributed by atoms with Crippen LogP contribution in [0.15, 0.2) is 97.1 Å². The molecule has 0 aliphatic heterocycles. The van der Waals surface area contributed by atoms with Crippen LogP contribution in [-0.4, -0.2) is 20.4 Å². The summed E-state index contributed by atoms with van der Waals surface area (Å²) in [6.07, 6.45) is 3.16. The number of hydrogen-bond acceptors (Lipinski definition) is 4. The number of phenols is 4. The van der Waals surface area contributed by atoms with Crippen molar-refractivity contribution in [3.63, 3.8) is 0 Å². The van der Waals surface area contributed by atoms with Crippen molar-refractivity contribution >= 4 is 0 Å². The minimum Gasteiger partial charge on any atom is -0.508 e. The molecule has 4 aromatic carbocycles. The van der Waals surface area contributed by atoms with Crippen LogP contribution >= 0.6 is 0 Å². The van der Waals surface area contributed by atoms with Gasteiger partial charge in [-0.2, -0.15) is 0 Å². The van der Waals surface area contributed by atoms with Gasteiger partial charge in [-0.25, -0.2) is 0 Å². The highest BCUT2D eigenvalue weighted by Gasteiger charge is 2.47. The van der Waals surface area contributed by atoms with Crippen LogP contribution in [0.25, 0.3) is 0 Å². The molecule has 4 nitrogen and oxygen atoms in total. The highest BCUT2D eigenvalue weighted by molar-refractivity contribution is 5.51. The Morgan fingerprint density at radius 1 is 0.412 bits per heavy atom. The van der Waals surface area contributed by atoms with E-state index in [1.54, 1.807) is 42.5 Å². The van der Waals surface area contributed by atoms with Crippen LogP contribution in [0.1, 0.15) is 47.9 Å². The Labute approximate surface area is 199 Å². The third-order valence-corrected chi connectivity index (χ3v) is 7.64. The highest BCUT2D eigenvalue weighted by atomic mass is 16.3. The molecule has 1 saturated carbocycles. The number of benzene rings is 4. The van der Waals surface area contributed by atoms with Gasteiger partial charge in [-0.1, -0.05) is 54.6 Å². The van der Waals surface area contributed by atoms with E-state index in [2.05, 4.69) is 0 Å². The summed E-state index contributed by atoms with van der Waals surface area (Å²) in [4.78, 5) is 0. The summed E-state index contributed by atoms with van der Waals surface area (Å²) < 4.78 is 0. The maximum Gasteiger partial charge on any atom is 0.119 e. The average molecular weight is 453 g/mol. The first-order valence-corrected chi connectivity index (χ1v) is 11.6. The molecule has 1 aliphatic rings. The van der Waals surface area contributed by atoms with E-state index in [9.17, 15) is 20.4 Å². The first-order chi connectivity index (χ1) is 16.4.